The Morgan fingerprint density at radius 3 is 2.35 bits per heavy atom. The fourth-order valence-electron chi connectivity index (χ4n) is 1.93. The second-order valence-electron chi connectivity index (χ2n) is 4.97. The van der Waals surface area contributed by atoms with Gasteiger partial charge >= 0.3 is 0 Å². The van der Waals surface area contributed by atoms with Gasteiger partial charge < -0.3 is 15.2 Å². The van der Waals surface area contributed by atoms with Crippen molar-refractivity contribution in [3.63, 3.8) is 0 Å². The molecule has 0 radical (unpaired) electrons. The number of rotatable bonds is 5. The molecule has 0 amide bonds. The number of aryl methyl sites for hydroxylation is 1. The van der Waals surface area contributed by atoms with E-state index in [9.17, 15) is 0 Å². The van der Waals surface area contributed by atoms with Crippen LogP contribution in [0.2, 0.25) is 0 Å². The Bertz CT molecular complexity index is 562. The summed E-state index contributed by atoms with van der Waals surface area (Å²) in [6.45, 7) is 4.54. The molecule has 0 saturated carbocycles. The SMILES string of the molecule is COc1cc(C(C)N)ccc1OCc1ccc(C)cc1. The number of benzene rings is 2. The molecule has 0 aromatic heterocycles. The number of ether oxygens (including phenoxy) is 2. The molecule has 0 fully saturated rings. The van der Waals surface area contributed by atoms with E-state index in [2.05, 4.69) is 31.2 Å². The first kappa shape index (κ1) is 14.4. The molecule has 1 unspecified atom stereocenters. The molecule has 0 saturated heterocycles. The summed E-state index contributed by atoms with van der Waals surface area (Å²) in [5.41, 5.74) is 9.28. The van der Waals surface area contributed by atoms with Crippen molar-refractivity contribution in [2.75, 3.05) is 7.11 Å². The lowest BCUT2D eigenvalue weighted by Crippen LogP contribution is -2.05. The Balaban J connectivity index is 2.10. The summed E-state index contributed by atoms with van der Waals surface area (Å²) in [4.78, 5) is 0. The molecule has 0 aliphatic carbocycles. The summed E-state index contributed by atoms with van der Waals surface area (Å²) in [7, 11) is 1.64. The summed E-state index contributed by atoms with van der Waals surface area (Å²) in [6, 6.07) is 14.1. The summed E-state index contributed by atoms with van der Waals surface area (Å²) < 4.78 is 11.2. The van der Waals surface area contributed by atoms with Crippen LogP contribution in [0.1, 0.15) is 29.7 Å². The smallest absolute Gasteiger partial charge is 0.161 e. The van der Waals surface area contributed by atoms with E-state index in [4.69, 9.17) is 15.2 Å². The lowest BCUT2D eigenvalue weighted by Gasteiger charge is -2.13. The first-order chi connectivity index (χ1) is 9.60. The molecule has 0 aliphatic heterocycles. The standard InChI is InChI=1S/C17H21NO2/c1-12-4-6-14(7-5-12)11-20-16-9-8-15(13(2)18)10-17(16)19-3/h4-10,13H,11,18H2,1-3H3. The molecule has 1 atom stereocenters. The number of hydrogen-bond acceptors (Lipinski definition) is 3. The van der Waals surface area contributed by atoms with Crippen LogP contribution in [0.5, 0.6) is 11.5 Å². The van der Waals surface area contributed by atoms with Gasteiger partial charge in [0.05, 0.1) is 7.11 Å². The Morgan fingerprint density at radius 2 is 1.75 bits per heavy atom. The van der Waals surface area contributed by atoms with Crippen LogP contribution in [0.3, 0.4) is 0 Å². The van der Waals surface area contributed by atoms with E-state index in [1.165, 1.54) is 5.56 Å². The van der Waals surface area contributed by atoms with Crippen LogP contribution in [-0.2, 0) is 6.61 Å². The van der Waals surface area contributed by atoms with Crippen molar-refractivity contribution in [2.45, 2.75) is 26.5 Å². The minimum absolute atomic E-state index is 0.0185. The fourth-order valence-corrected chi connectivity index (χ4v) is 1.93. The van der Waals surface area contributed by atoms with Crippen LogP contribution in [0.25, 0.3) is 0 Å². The van der Waals surface area contributed by atoms with Crippen molar-refractivity contribution in [2.24, 2.45) is 5.73 Å². The third-order valence-corrected chi connectivity index (χ3v) is 3.23. The van der Waals surface area contributed by atoms with Crippen LogP contribution < -0.4 is 15.2 Å². The minimum Gasteiger partial charge on any atom is -0.493 e. The van der Waals surface area contributed by atoms with Gasteiger partial charge in [-0.2, -0.15) is 0 Å². The largest absolute Gasteiger partial charge is 0.493 e. The van der Waals surface area contributed by atoms with E-state index < -0.39 is 0 Å². The highest BCUT2D eigenvalue weighted by atomic mass is 16.5. The molecule has 2 aromatic carbocycles. The zero-order valence-electron chi connectivity index (χ0n) is 12.2. The predicted octanol–water partition coefficient (Wildman–Crippen LogP) is 3.60. The van der Waals surface area contributed by atoms with Gasteiger partial charge in [-0.1, -0.05) is 35.9 Å². The first-order valence-corrected chi connectivity index (χ1v) is 6.72. The van der Waals surface area contributed by atoms with Crippen LogP contribution >= 0.6 is 0 Å². The second-order valence-corrected chi connectivity index (χ2v) is 4.97. The van der Waals surface area contributed by atoms with E-state index >= 15 is 0 Å². The van der Waals surface area contributed by atoms with Gasteiger partial charge in [0.2, 0.25) is 0 Å². The fraction of sp³-hybridized carbons (Fsp3) is 0.294. The Morgan fingerprint density at radius 1 is 1.05 bits per heavy atom. The molecule has 2 N–H and O–H groups in total. The highest BCUT2D eigenvalue weighted by Gasteiger charge is 2.08. The maximum absolute atomic E-state index is 5.87. The zero-order valence-corrected chi connectivity index (χ0v) is 12.2. The highest BCUT2D eigenvalue weighted by molar-refractivity contribution is 5.43. The van der Waals surface area contributed by atoms with Crippen molar-refractivity contribution < 1.29 is 9.47 Å². The average molecular weight is 271 g/mol. The van der Waals surface area contributed by atoms with Crippen molar-refractivity contribution in [3.05, 3.63) is 59.2 Å². The van der Waals surface area contributed by atoms with Crippen molar-refractivity contribution in [1.29, 1.82) is 0 Å². The van der Waals surface area contributed by atoms with Crippen LogP contribution in [0.4, 0.5) is 0 Å². The average Bonchev–Trinajstić information content (AvgIpc) is 2.46. The molecule has 3 nitrogen and oxygen atoms in total. The lowest BCUT2D eigenvalue weighted by molar-refractivity contribution is 0.284. The molecular formula is C17H21NO2. The molecule has 0 bridgehead atoms. The summed E-state index contributed by atoms with van der Waals surface area (Å²) in [6.07, 6.45) is 0. The predicted molar refractivity (Wildman–Crippen MR) is 81.1 cm³/mol. The van der Waals surface area contributed by atoms with Gasteiger partial charge in [0, 0.05) is 6.04 Å². The normalized spacial score (nSPS) is 12.0. The van der Waals surface area contributed by atoms with Gasteiger partial charge in [0.15, 0.2) is 11.5 Å². The molecule has 0 heterocycles. The maximum atomic E-state index is 5.87. The Kier molecular flexibility index (Phi) is 4.64. The van der Waals surface area contributed by atoms with E-state index in [1.807, 2.05) is 25.1 Å². The summed E-state index contributed by atoms with van der Waals surface area (Å²) >= 11 is 0. The maximum Gasteiger partial charge on any atom is 0.161 e. The Hall–Kier alpha value is -2.00. The first-order valence-electron chi connectivity index (χ1n) is 6.72. The third kappa shape index (κ3) is 3.52. The van der Waals surface area contributed by atoms with Gasteiger partial charge in [0.25, 0.3) is 0 Å². The van der Waals surface area contributed by atoms with E-state index in [0.717, 1.165) is 16.9 Å². The monoisotopic (exact) mass is 271 g/mol. The number of methoxy groups -OCH3 is 1. The molecule has 0 spiro atoms. The van der Waals surface area contributed by atoms with Gasteiger partial charge in [-0.05, 0) is 37.1 Å². The molecule has 2 aromatic rings. The molecule has 2 rings (SSSR count). The Labute approximate surface area is 120 Å². The molecule has 106 valence electrons. The molecule has 0 aliphatic rings. The van der Waals surface area contributed by atoms with Crippen LogP contribution in [-0.4, -0.2) is 7.11 Å². The topological polar surface area (TPSA) is 44.5 Å². The van der Waals surface area contributed by atoms with E-state index in [0.29, 0.717) is 12.4 Å². The number of nitrogens with two attached hydrogens (primary N) is 1. The van der Waals surface area contributed by atoms with Crippen LogP contribution in [0.15, 0.2) is 42.5 Å². The van der Waals surface area contributed by atoms with Gasteiger partial charge in [-0.25, -0.2) is 0 Å². The number of hydrogen-bond donors (Lipinski definition) is 1. The van der Waals surface area contributed by atoms with Gasteiger partial charge in [0.1, 0.15) is 6.61 Å². The molecule has 3 heteroatoms. The molecular weight excluding hydrogens is 250 g/mol. The van der Waals surface area contributed by atoms with Crippen molar-refractivity contribution in [1.82, 2.24) is 0 Å². The lowest BCUT2D eigenvalue weighted by atomic mass is 10.1. The molecule has 20 heavy (non-hydrogen) atoms. The van der Waals surface area contributed by atoms with Crippen molar-refractivity contribution in [3.8, 4) is 11.5 Å². The summed E-state index contributed by atoms with van der Waals surface area (Å²) in [5, 5.41) is 0. The quantitative estimate of drug-likeness (QED) is 0.903. The van der Waals surface area contributed by atoms with E-state index in [-0.39, 0.29) is 6.04 Å². The highest BCUT2D eigenvalue weighted by Crippen LogP contribution is 2.30. The minimum atomic E-state index is -0.0185. The second kappa shape index (κ2) is 6.44. The third-order valence-electron chi connectivity index (χ3n) is 3.23. The van der Waals surface area contributed by atoms with Gasteiger partial charge in [-0.15, -0.1) is 0 Å². The summed E-state index contributed by atoms with van der Waals surface area (Å²) in [5.74, 6) is 1.45. The van der Waals surface area contributed by atoms with Crippen molar-refractivity contribution >= 4 is 0 Å². The zero-order chi connectivity index (χ0) is 14.5. The van der Waals surface area contributed by atoms with Gasteiger partial charge in [-0.3, -0.25) is 0 Å². The van der Waals surface area contributed by atoms with Crippen LogP contribution in [0, 0.1) is 6.92 Å². The van der Waals surface area contributed by atoms with E-state index in [1.54, 1.807) is 7.11 Å².